The number of carbonyl (C=O) groups is 1. The molecule has 0 unspecified atom stereocenters. The number of halogens is 3. The molecule has 3 heterocycles. The molecule has 4 N–H and O–H groups in total. The second-order valence-corrected chi connectivity index (χ2v) is 11.1. The van der Waals surface area contributed by atoms with Gasteiger partial charge in [0.25, 0.3) is 6.43 Å². The van der Waals surface area contributed by atoms with Crippen LogP contribution in [0, 0.1) is 5.41 Å². The highest BCUT2D eigenvalue weighted by Gasteiger charge is 2.31. The number of amidine groups is 1. The zero-order chi connectivity index (χ0) is 28.8. The third kappa shape index (κ3) is 6.78. The van der Waals surface area contributed by atoms with Crippen molar-refractivity contribution < 1.29 is 13.6 Å². The Morgan fingerprint density at radius 2 is 1.98 bits per heavy atom. The van der Waals surface area contributed by atoms with E-state index in [9.17, 15) is 19.0 Å². The lowest BCUT2D eigenvalue weighted by atomic mass is 9.91. The molecule has 1 saturated heterocycles. The first-order valence-corrected chi connectivity index (χ1v) is 14.7. The van der Waals surface area contributed by atoms with Gasteiger partial charge in [0, 0.05) is 87.6 Å². The molecule has 1 amide bonds. The third-order valence-corrected chi connectivity index (χ3v) is 8.34. The summed E-state index contributed by atoms with van der Waals surface area (Å²) >= 11 is 5.92. The summed E-state index contributed by atoms with van der Waals surface area (Å²) in [7, 11) is 1.69. The monoisotopic (exact) mass is 576 g/mol. The van der Waals surface area contributed by atoms with E-state index in [0.717, 1.165) is 55.7 Å². The highest BCUT2D eigenvalue weighted by molar-refractivity contribution is 6.18. The molecule has 4 rings (SSSR count). The Kier molecular flexibility index (Phi) is 10.4. The number of rotatable bonds is 9. The van der Waals surface area contributed by atoms with E-state index in [2.05, 4.69) is 15.5 Å². The molecule has 0 spiro atoms. The van der Waals surface area contributed by atoms with Gasteiger partial charge in [-0.15, -0.1) is 18.1 Å². The number of piperidine rings is 1. The fourth-order valence-electron chi connectivity index (χ4n) is 5.98. The summed E-state index contributed by atoms with van der Waals surface area (Å²) in [6.07, 6.45) is 2.96. The SMILES string of the molecule is CN/C=C(\C[NH-])c1cc2c(cc1C(F)F)N(C(=N)C1=C(NC3CCN(CCCl)CC3)CCN(C(C)=O)C1)CCC2. The van der Waals surface area contributed by atoms with Gasteiger partial charge in [0.05, 0.1) is 6.54 Å². The first-order valence-electron chi connectivity index (χ1n) is 14.1. The van der Waals surface area contributed by atoms with Crippen LogP contribution in [0.4, 0.5) is 14.5 Å². The van der Waals surface area contributed by atoms with Crippen molar-refractivity contribution in [2.45, 2.75) is 51.5 Å². The molecule has 220 valence electrons. The van der Waals surface area contributed by atoms with Gasteiger partial charge in [-0.3, -0.25) is 10.2 Å². The van der Waals surface area contributed by atoms with Crippen LogP contribution in [0.1, 0.15) is 55.7 Å². The predicted molar refractivity (Wildman–Crippen MR) is 158 cm³/mol. The molecule has 1 aromatic carbocycles. The Labute approximate surface area is 241 Å². The number of likely N-dealkylation sites (tertiary alicyclic amines) is 1. The van der Waals surface area contributed by atoms with Crippen LogP contribution in [0.2, 0.25) is 0 Å². The number of amides is 1. The van der Waals surface area contributed by atoms with Crippen LogP contribution in [0.5, 0.6) is 0 Å². The summed E-state index contributed by atoms with van der Waals surface area (Å²) in [6.45, 7) is 5.68. The molecule has 1 aromatic rings. The fourth-order valence-corrected chi connectivity index (χ4v) is 6.22. The number of hydrogen-bond donors (Lipinski definition) is 3. The van der Waals surface area contributed by atoms with Gasteiger partial charge in [0.2, 0.25) is 5.91 Å². The van der Waals surface area contributed by atoms with Crippen molar-refractivity contribution in [3.63, 3.8) is 0 Å². The lowest BCUT2D eigenvalue weighted by Gasteiger charge is -2.39. The van der Waals surface area contributed by atoms with Crippen molar-refractivity contribution in [1.29, 1.82) is 5.41 Å². The molecule has 8 nitrogen and oxygen atoms in total. The molecular weight excluding hydrogens is 536 g/mol. The zero-order valence-electron chi connectivity index (χ0n) is 23.5. The van der Waals surface area contributed by atoms with Crippen LogP contribution in [0.15, 0.2) is 29.6 Å². The summed E-state index contributed by atoms with van der Waals surface area (Å²) < 4.78 is 28.6. The van der Waals surface area contributed by atoms with Crippen LogP contribution in [-0.2, 0) is 11.2 Å². The fraction of sp³-hybridized carbons (Fsp3) is 0.586. The molecule has 3 aliphatic rings. The van der Waals surface area contributed by atoms with Gasteiger partial charge in [0.15, 0.2) is 0 Å². The maximum absolute atomic E-state index is 14.3. The quantitative estimate of drug-likeness (QED) is 0.224. The van der Waals surface area contributed by atoms with Gasteiger partial charge < -0.3 is 31.1 Å². The highest BCUT2D eigenvalue weighted by Crippen LogP contribution is 2.38. The smallest absolute Gasteiger partial charge is 0.264 e. The summed E-state index contributed by atoms with van der Waals surface area (Å²) in [6, 6.07) is 3.56. The van der Waals surface area contributed by atoms with Crippen LogP contribution < -0.4 is 15.5 Å². The lowest BCUT2D eigenvalue weighted by Crippen LogP contribution is -2.48. The first-order chi connectivity index (χ1) is 19.3. The second-order valence-electron chi connectivity index (χ2n) is 10.7. The van der Waals surface area contributed by atoms with Crippen molar-refractivity contribution >= 4 is 34.6 Å². The van der Waals surface area contributed by atoms with Crippen molar-refractivity contribution in [2.24, 2.45) is 0 Å². The van der Waals surface area contributed by atoms with E-state index in [1.165, 1.54) is 6.07 Å². The van der Waals surface area contributed by atoms with Gasteiger partial charge >= 0.3 is 0 Å². The van der Waals surface area contributed by atoms with E-state index in [4.69, 9.17) is 17.3 Å². The lowest BCUT2D eigenvalue weighted by molar-refractivity contribution is -0.128. The van der Waals surface area contributed by atoms with E-state index in [-0.39, 0.29) is 29.9 Å². The minimum absolute atomic E-state index is 0.0401. The molecule has 11 heteroatoms. The van der Waals surface area contributed by atoms with Crippen molar-refractivity contribution in [3.05, 3.63) is 52.0 Å². The molecule has 0 atom stereocenters. The van der Waals surface area contributed by atoms with Crippen molar-refractivity contribution in [3.8, 4) is 0 Å². The Balaban J connectivity index is 1.67. The third-order valence-electron chi connectivity index (χ3n) is 8.17. The van der Waals surface area contributed by atoms with Gasteiger partial charge in [-0.2, -0.15) is 0 Å². The van der Waals surface area contributed by atoms with Crippen LogP contribution in [0.25, 0.3) is 11.3 Å². The molecule has 1 fully saturated rings. The summed E-state index contributed by atoms with van der Waals surface area (Å²) in [4.78, 5) is 18.3. The minimum Gasteiger partial charge on any atom is -0.674 e. The average molecular weight is 577 g/mol. The molecule has 0 bridgehead atoms. The zero-order valence-corrected chi connectivity index (χ0v) is 24.2. The number of nitrogens with one attached hydrogen (secondary N) is 4. The summed E-state index contributed by atoms with van der Waals surface area (Å²) in [5, 5.41) is 15.9. The van der Waals surface area contributed by atoms with Gasteiger partial charge in [0.1, 0.15) is 5.84 Å². The molecule has 40 heavy (non-hydrogen) atoms. The number of fused-ring (bicyclic) bond motifs is 1. The Morgan fingerprint density at radius 3 is 2.60 bits per heavy atom. The number of benzene rings is 1. The molecule has 0 radical (unpaired) electrons. The topological polar surface area (TPSA) is 98.5 Å². The van der Waals surface area contributed by atoms with E-state index in [1.807, 2.05) is 4.90 Å². The normalized spacial score (nSPS) is 19.2. The highest BCUT2D eigenvalue weighted by atomic mass is 35.5. The molecule has 0 aromatic heterocycles. The van der Waals surface area contributed by atoms with E-state index < -0.39 is 6.43 Å². The van der Waals surface area contributed by atoms with E-state index >= 15 is 0 Å². The largest absolute Gasteiger partial charge is 0.674 e. The Hall–Kier alpha value is -2.69. The van der Waals surface area contributed by atoms with Gasteiger partial charge in [-0.1, -0.05) is 0 Å². The first kappa shape index (κ1) is 30.3. The Bertz CT molecular complexity index is 1150. The van der Waals surface area contributed by atoms with E-state index in [0.29, 0.717) is 55.2 Å². The number of hydrogen-bond acceptors (Lipinski definition) is 5. The average Bonchev–Trinajstić information content (AvgIpc) is 2.95. The van der Waals surface area contributed by atoms with Crippen molar-refractivity contribution in [2.75, 3.05) is 63.6 Å². The maximum Gasteiger partial charge on any atom is 0.264 e. The van der Waals surface area contributed by atoms with Crippen molar-refractivity contribution in [1.82, 2.24) is 20.4 Å². The summed E-state index contributed by atoms with van der Waals surface area (Å²) in [5.41, 5.74) is 11.9. The number of nitrogens with zero attached hydrogens (tertiary/aromatic N) is 3. The molecule has 0 saturated carbocycles. The van der Waals surface area contributed by atoms with Gasteiger partial charge in [-0.05, 0) is 60.7 Å². The van der Waals surface area contributed by atoms with Crippen LogP contribution in [-0.4, -0.2) is 86.3 Å². The maximum atomic E-state index is 14.3. The number of carbonyl (C=O) groups excluding carboxylic acids is 1. The molecular formula is C29H41ClF2N7O-. The minimum atomic E-state index is -2.71. The number of aryl methyl sites for hydroxylation is 1. The molecule has 3 aliphatic heterocycles. The standard InChI is InChI=1S/C29H41ClF2N7O/c1-19(40)38-12-7-26(36-22-5-10-37(11-6-22)13-8-30)25(18-38)29(34)39-9-3-4-20-14-23(21(16-33)17-35-2)24(28(31)32)15-27(20)39/h14-15,17,22,28,33-36H,3-13,16,18H2,1-2H3/q-1/b21-17+,34-29?. The Morgan fingerprint density at radius 1 is 1.23 bits per heavy atom. The molecule has 0 aliphatic carbocycles. The predicted octanol–water partition coefficient (Wildman–Crippen LogP) is 4.77. The van der Waals surface area contributed by atoms with E-state index in [1.54, 1.807) is 31.1 Å². The second kappa shape index (κ2) is 13.8. The summed E-state index contributed by atoms with van der Waals surface area (Å²) in [5.74, 6) is 0.836. The number of alkyl halides is 3. The van der Waals surface area contributed by atoms with Crippen LogP contribution >= 0.6 is 11.6 Å². The van der Waals surface area contributed by atoms with Gasteiger partial charge in [-0.25, -0.2) is 8.78 Å². The number of anilines is 1. The van der Waals surface area contributed by atoms with Crippen LogP contribution in [0.3, 0.4) is 0 Å².